The normalized spacial score (nSPS) is 17.4. The maximum absolute atomic E-state index is 12.4. The topological polar surface area (TPSA) is 77.3 Å². The monoisotopic (exact) mass is 334 g/mol. The molecule has 1 unspecified atom stereocenters. The molecule has 1 fully saturated rings. The second-order valence-electron chi connectivity index (χ2n) is 5.45. The fraction of sp³-hybridized carbons (Fsp3) is 0.467. The van der Waals surface area contributed by atoms with Gasteiger partial charge in [0.15, 0.2) is 5.13 Å². The molecule has 122 valence electrons. The van der Waals surface area contributed by atoms with E-state index < -0.39 is 0 Å². The van der Waals surface area contributed by atoms with E-state index in [0.717, 1.165) is 19.4 Å². The molecule has 1 aliphatic heterocycles. The predicted octanol–water partition coefficient (Wildman–Crippen LogP) is 1.87. The van der Waals surface area contributed by atoms with Crippen LogP contribution in [-0.4, -0.2) is 45.6 Å². The molecule has 0 radical (unpaired) electrons. The van der Waals surface area contributed by atoms with Crippen molar-refractivity contribution < 1.29 is 14.3 Å². The molecule has 1 saturated heterocycles. The van der Waals surface area contributed by atoms with Crippen molar-refractivity contribution in [2.24, 2.45) is 0 Å². The summed E-state index contributed by atoms with van der Waals surface area (Å²) >= 11 is 1.23. The average Bonchev–Trinajstić information content (AvgIpc) is 3.25. The summed E-state index contributed by atoms with van der Waals surface area (Å²) in [6.45, 7) is 4.48. The fourth-order valence-electron chi connectivity index (χ4n) is 2.53. The van der Waals surface area contributed by atoms with E-state index in [0.29, 0.717) is 22.2 Å². The largest absolute Gasteiger partial charge is 0.376 e. The first-order chi connectivity index (χ1) is 11.1. The third-order valence-corrected chi connectivity index (χ3v) is 4.91. The van der Waals surface area contributed by atoms with Gasteiger partial charge in [-0.05, 0) is 19.8 Å². The van der Waals surface area contributed by atoms with E-state index >= 15 is 0 Å². The molecule has 23 heavy (non-hydrogen) atoms. The number of carbonyl (C=O) groups is 2. The van der Waals surface area contributed by atoms with Crippen molar-refractivity contribution in [3.8, 4) is 0 Å². The van der Waals surface area contributed by atoms with Crippen LogP contribution >= 0.6 is 11.3 Å². The third kappa shape index (κ3) is 3.32. The van der Waals surface area contributed by atoms with Gasteiger partial charge in [0, 0.05) is 25.9 Å². The maximum Gasteiger partial charge on any atom is 0.275 e. The molecule has 0 aliphatic carbocycles. The molecular weight excluding hydrogens is 316 g/mol. The van der Waals surface area contributed by atoms with Crippen molar-refractivity contribution in [3.05, 3.63) is 29.3 Å². The summed E-state index contributed by atoms with van der Waals surface area (Å²) in [4.78, 5) is 34.8. The second kappa shape index (κ2) is 6.59. The number of nitrogens with zero attached hydrogens (tertiary/aromatic N) is 4. The van der Waals surface area contributed by atoms with Crippen LogP contribution in [0.1, 0.15) is 35.1 Å². The summed E-state index contributed by atoms with van der Waals surface area (Å²) in [6, 6.07) is 0. The Kier molecular flexibility index (Phi) is 4.53. The summed E-state index contributed by atoms with van der Waals surface area (Å²) in [5.74, 6) is -0.291. The van der Waals surface area contributed by atoms with Gasteiger partial charge in [0.05, 0.1) is 18.3 Å². The first-order valence-electron chi connectivity index (χ1n) is 7.46. The van der Waals surface area contributed by atoms with Crippen LogP contribution in [-0.2, 0) is 9.53 Å². The lowest BCUT2D eigenvalue weighted by atomic mass is 10.2. The van der Waals surface area contributed by atoms with Gasteiger partial charge in [0.25, 0.3) is 5.91 Å². The van der Waals surface area contributed by atoms with Gasteiger partial charge in [-0.3, -0.25) is 19.1 Å². The smallest absolute Gasteiger partial charge is 0.275 e. The SMILES string of the molecule is CC(=O)N(CC1CCCO1)c1nc(C)c(C(=O)n2ccnc2)s1. The minimum Gasteiger partial charge on any atom is -0.376 e. The molecule has 1 amide bonds. The molecule has 1 atom stereocenters. The fourth-order valence-corrected chi connectivity index (χ4v) is 3.59. The zero-order valence-electron chi connectivity index (χ0n) is 13.1. The Morgan fingerprint density at radius 3 is 2.96 bits per heavy atom. The van der Waals surface area contributed by atoms with E-state index in [2.05, 4.69) is 9.97 Å². The van der Waals surface area contributed by atoms with Gasteiger partial charge in [0.2, 0.25) is 5.91 Å². The second-order valence-corrected chi connectivity index (χ2v) is 6.43. The molecule has 0 N–H and O–H groups in total. The van der Waals surface area contributed by atoms with Crippen LogP contribution < -0.4 is 4.90 Å². The summed E-state index contributed by atoms with van der Waals surface area (Å²) in [6.07, 6.45) is 6.59. The van der Waals surface area contributed by atoms with Gasteiger partial charge in [-0.1, -0.05) is 11.3 Å². The number of aromatic nitrogens is 3. The lowest BCUT2D eigenvalue weighted by Crippen LogP contribution is -2.35. The number of thiazole rings is 1. The van der Waals surface area contributed by atoms with Crippen LogP contribution in [0.5, 0.6) is 0 Å². The minimum atomic E-state index is -0.190. The van der Waals surface area contributed by atoms with Crippen LogP contribution in [0.15, 0.2) is 18.7 Å². The minimum absolute atomic E-state index is 0.0379. The highest BCUT2D eigenvalue weighted by Crippen LogP contribution is 2.28. The summed E-state index contributed by atoms with van der Waals surface area (Å²) < 4.78 is 7.01. The zero-order valence-corrected chi connectivity index (χ0v) is 13.9. The average molecular weight is 334 g/mol. The Balaban J connectivity index is 1.85. The molecule has 0 spiro atoms. The first kappa shape index (κ1) is 15.8. The molecule has 2 aromatic heterocycles. The molecule has 7 nitrogen and oxygen atoms in total. The van der Waals surface area contributed by atoms with Gasteiger partial charge in [0.1, 0.15) is 11.2 Å². The molecule has 2 aromatic rings. The number of amides is 1. The van der Waals surface area contributed by atoms with E-state index in [4.69, 9.17) is 4.74 Å². The maximum atomic E-state index is 12.4. The van der Waals surface area contributed by atoms with Crippen molar-refractivity contribution in [1.82, 2.24) is 14.5 Å². The molecule has 0 aromatic carbocycles. The van der Waals surface area contributed by atoms with Gasteiger partial charge in [-0.2, -0.15) is 0 Å². The zero-order chi connectivity index (χ0) is 16.4. The van der Waals surface area contributed by atoms with Crippen LogP contribution in [0.2, 0.25) is 0 Å². The van der Waals surface area contributed by atoms with E-state index in [9.17, 15) is 9.59 Å². The Bertz CT molecular complexity index is 704. The third-order valence-electron chi connectivity index (χ3n) is 3.74. The quantitative estimate of drug-likeness (QED) is 0.853. The van der Waals surface area contributed by atoms with E-state index in [-0.39, 0.29) is 17.9 Å². The Hall–Kier alpha value is -2.06. The van der Waals surface area contributed by atoms with Crippen LogP contribution in [0, 0.1) is 6.92 Å². The number of aryl methyl sites for hydroxylation is 1. The molecule has 8 heteroatoms. The summed E-state index contributed by atoms with van der Waals surface area (Å²) in [5.41, 5.74) is 0.613. The number of hydrogen-bond donors (Lipinski definition) is 0. The van der Waals surface area contributed by atoms with Crippen molar-refractivity contribution >= 4 is 28.3 Å². The summed E-state index contributed by atoms with van der Waals surface area (Å²) in [5, 5.41) is 0.536. The van der Waals surface area contributed by atoms with E-state index in [1.807, 2.05) is 0 Å². The van der Waals surface area contributed by atoms with Gasteiger partial charge < -0.3 is 4.74 Å². The van der Waals surface area contributed by atoms with Gasteiger partial charge >= 0.3 is 0 Å². The van der Waals surface area contributed by atoms with Crippen molar-refractivity contribution in [2.75, 3.05) is 18.1 Å². The van der Waals surface area contributed by atoms with Gasteiger partial charge in [-0.15, -0.1) is 0 Å². The standard InChI is InChI=1S/C15H18N4O3S/c1-10-13(14(21)18-6-5-16-9-18)23-15(17-10)19(11(2)20)8-12-4-3-7-22-12/h5-6,9,12H,3-4,7-8H2,1-2H3. The van der Waals surface area contributed by atoms with Crippen LogP contribution in [0.4, 0.5) is 5.13 Å². The highest BCUT2D eigenvalue weighted by atomic mass is 32.1. The molecule has 3 heterocycles. The van der Waals surface area contributed by atoms with Gasteiger partial charge in [-0.25, -0.2) is 9.97 Å². The molecule has 1 aliphatic rings. The molecule has 3 rings (SSSR count). The summed E-state index contributed by atoms with van der Waals surface area (Å²) in [7, 11) is 0. The molecule has 0 saturated carbocycles. The predicted molar refractivity (Wildman–Crippen MR) is 85.8 cm³/mol. The number of carbonyl (C=O) groups excluding carboxylic acids is 2. The first-order valence-corrected chi connectivity index (χ1v) is 8.27. The van der Waals surface area contributed by atoms with Crippen LogP contribution in [0.3, 0.4) is 0 Å². The highest BCUT2D eigenvalue weighted by molar-refractivity contribution is 7.17. The molecule has 0 bridgehead atoms. The Morgan fingerprint density at radius 2 is 2.35 bits per heavy atom. The van der Waals surface area contributed by atoms with E-state index in [1.165, 1.54) is 29.2 Å². The number of rotatable bonds is 4. The number of imidazole rings is 1. The Labute approximate surface area is 137 Å². The number of anilines is 1. The molecular formula is C15H18N4O3S. The van der Waals surface area contributed by atoms with E-state index in [1.54, 1.807) is 24.2 Å². The van der Waals surface area contributed by atoms with Crippen molar-refractivity contribution in [1.29, 1.82) is 0 Å². The Morgan fingerprint density at radius 1 is 1.52 bits per heavy atom. The number of ether oxygens (including phenoxy) is 1. The lowest BCUT2D eigenvalue weighted by Gasteiger charge is -2.21. The van der Waals surface area contributed by atoms with Crippen molar-refractivity contribution in [2.45, 2.75) is 32.8 Å². The lowest BCUT2D eigenvalue weighted by molar-refractivity contribution is -0.116. The number of hydrogen-bond acceptors (Lipinski definition) is 6. The highest BCUT2D eigenvalue weighted by Gasteiger charge is 2.26. The van der Waals surface area contributed by atoms with Crippen LogP contribution in [0.25, 0.3) is 0 Å². The van der Waals surface area contributed by atoms with Crippen molar-refractivity contribution in [3.63, 3.8) is 0 Å².